The molecule has 15 heteroatoms. The van der Waals surface area contributed by atoms with Gasteiger partial charge in [0.25, 0.3) is 0 Å². The van der Waals surface area contributed by atoms with Crippen molar-refractivity contribution in [1.29, 1.82) is 0 Å². The topological polar surface area (TPSA) is 231 Å². The summed E-state index contributed by atoms with van der Waals surface area (Å²) in [5, 5.41) is 72.0. The highest BCUT2D eigenvalue weighted by Gasteiger charge is 2.47. The van der Waals surface area contributed by atoms with Gasteiger partial charge >= 0.3 is 11.9 Å². The fourth-order valence-corrected chi connectivity index (χ4v) is 6.98. The number of esters is 2. The van der Waals surface area contributed by atoms with Crippen molar-refractivity contribution >= 4 is 11.9 Å². The zero-order chi connectivity index (χ0) is 49.6. The van der Waals surface area contributed by atoms with Crippen LogP contribution in [0.15, 0.2) is 97.2 Å². The molecular formula is C53H84O15. The number of allylic oxidation sites excluding steroid dienone is 16. The summed E-state index contributed by atoms with van der Waals surface area (Å²) in [5.41, 5.74) is 0. The minimum atomic E-state index is -1.79. The second kappa shape index (κ2) is 39.2. The highest BCUT2D eigenvalue weighted by molar-refractivity contribution is 5.70. The van der Waals surface area contributed by atoms with Crippen molar-refractivity contribution in [2.75, 3.05) is 26.4 Å². The fourth-order valence-electron chi connectivity index (χ4n) is 6.98. The highest BCUT2D eigenvalue weighted by Crippen LogP contribution is 2.26. The van der Waals surface area contributed by atoms with Crippen LogP contribution in [-0.2, 0) is 38.0 Å². The summed E-state index contributed by atoms with van der Waals surface area (Å²) in [6.45, 7) is 2.28. The third-order valence-corrected chi connectivity index (χ3v) is 11.0. The molecule has 0 radical (unpaired) electrons. The van der Waals surface area contributed by atoms with E-state index in [0.29, 0.717) is 19.3 Å². The smallest absolute Gasteiger partial charge is 0.306 e. The van der Waals surface area contributed by atoms with Crippen molar-refractivity contribution in [2.45, 2.75) is 197 Å². The van der Waals surface area contributed by atoms with Gasteiger partial charge in [-0.05, 0) is 77.0 Å². The zero-order valence-electron chi connectivity index (χ0n) is 40.5. The first kappa shape index (κ1) is 60.5. The van der Waals surface area contributed by atoms with Crippen LogP contribution < -0.4 is 0 Å². The fraction of sp³-hybridized carbons (Fsp3) is 0.660. The lowest BCUT2D eigenvalue weighted by Gasteiger charge is -2.42. The maximum absolute atomic E-state index is 13.0. The molecule has 386 valence electrons. The van der Waals surface area contributed by atoms with Gasteiger partial charge in [0.15, 0.2) is 18.7 Å². The van der Waals surface area contributed by atoms with Crippen LogP contribution in [0.2, 0.25) is 0 Å². The molecule has 2 saturated heterocycles. The molecule has 2 fully saturated rings. The first-order valence-corrected chi connectivity index (χ1v) is 24.8. The molecule has 2 aliphatic heterocycles. The number of carbonyl (C=O) groups is 2. The molecule has 0 aromatic carbocycles. The van der Waals surface area contributed by atoms with Crippen LogP contribution in [-0.4, -0.2) is 142 Å². The number of unbranched alkanes of at least 4 members (excludes halogenated alkanes) is 6. The quantitative estimate of drug-likeness (QED) is 0.0200. The maximum atomic E-state index is 13.0. The van der Waals surface area contributed by atoms with E-state index in [0.717, 1.165) is 83.5 Å². The van der Waals surface area contributed by atoms with E-state index >= 15 is 0 Å². The van der Waals surface area contributed by atoms with E-state index in [1.807, 2.05) is 18.2 Å². The van der Waals surface area contributed by atoms with Crippen LogP contribution >= 0.6 is 0 Å². The molecule has 2 heterocycles. The molecule has 2 aliphatic rings. The number of aliphatic hydroxyl groups excluding tert-OH is 7. The van der Waals surface area contributed by atoms with Crippen molar-refractivity contribution in [3.05, 3.63) is 97.2 Å². The highest BCUT2D eigenvalue weighted by atomic mass is 16.7. The number of carbonyl (C=O) groups excluding carboxylic acids is 2. The SMILES string of the molecule is CC/C=C\C/C=C\C/C=C\C/C=C\C/C=C\C/C=C\CCC(=O)OC(COC(=O)CCCCCCC/C=C\C/C=C\CCC)COC1OC(COC2OC(CO)C(O)C(O)C2O)C(O)C(O)C1O. The van der Waals surface area contributed by atoms with Crippen molar-refractivity contribution in [2.24, 2.45) is 0 Å². The minimum absolute atomic E-state index is 0.0310. The van der Waals surface area contributed by atoms with E-state index in [2.05, 4.69) is 92.8 Å². The van der Waals surface area contributed by atoms with Gasteiger partial charge in [-0.15, -0.1) is 0 Å². The average Bonchev–Trinajstić information content (AvgIpc) is 3.33. The Morgan fingerprint density at radius 2 is 0.956 bits per heavy atom. The Balaban J connectivity index is 1.87. The lowest BCUT2D eigenvalue weighted by Crippen LogP contribution is -2.61. The summed E-state index contributed by atoms with van der Waals surface area (Å²) in [7, 11) is 0. The van der Waals surface area contributed by atoms with Crippen LogP contribution in [0.25, 0.3) is 0 Å². The van der Waals surface area contributed by atoms with Crippen LogP contribution in [0.5, 0.6) is 0 Å². The Morgan fingerprint density at radius 1 is 0.485 bits per heavy atom. The Morgan fingerprint density at radius 3 is 1.51 bits per heavy atom. The van der Waals surface area contributed by atoms with Gasteiger partial charge in [0.1, 0.15) is 55.4 Å². The second-order valence-electron chi connectivity index (χ2n) is 16.9. The van der Waals surface area contributed by atoms with Gasteiger partial charge < -0.3 is 64.2 Å². The molecule has 0 bridgehead atoms. The summed E-state index contributed by atoms with van der Waals surface area (Å²) in [6.07, 6.45) is 31.7. The van der Waals surface area contributed by atoms with E-state index in [1.165, 1.54) is 0 Å². The van der Waals surface area contributed by atoms with Crippen LogP contribution in [0.1, 0.15) is 129 Å². The van der Waals surface area contributed by atoms with Crippen molar-refractivity contribution in [1.82, 2.24) is 0 Å². The van der Waals surface area contributed by atoms with Gasteiger partial charge in [0.05, 0.1) is 19.8 Å². The van der Waals surface area contributed by atoms with Gasteiger partial charge in [0.2, 0.25) is 0 Å². The van der Waals surface area contributed by atoms with Gasteiger partial charge in [-0.2, -0.15) is 0 Å². The molecule has 7 N–H and O–H groups in total. The van der Waals surface area contributed by atoms with Crippen molar-refractivity contribution < 1.29 is 73.8 Å². The van der Waals surface area contributed by atoms with E-state index in [-0.39, 0.29) is 19.4 Å². The van der Waals surface area contributed by atoms with Crippen LogP contribution in [0, 0.1) is 0 Å². The van der Waals surface area contributed by atoms with Crippen molar-refractivity contribution in [3.8, 4) is 0 Å². The zero-order valence-corrected chi connectivity index (χ0v) is 40.5. The molecular weight excluding hydrogens is 877 g/mol. The Kier molecular flexibility index (Phi) is 34.9. The average molecular weight is 961 g/mol. The first-order valence-electron chi connectivity index (χ1n) is 24.8. The summed E-state index contributed by atoms with van der Waals surface area (Å²) in [6, 6.07) is 0. The second-order valence-corrected chi connectivity index (χ2v) is 16.9. The third-order valence-electron chi connectivity index (χ3n) is 11.0. The number of hydrogen-bond donors (Lipinski definition) is 7. The first-order chi connectivity index (χ1) is 33.0. The number of ether oxygens (including phenoxy) is 6. The van der Waals surface area contributed by atoms with Gasteiger partial charge in [-0.3, -0.25) is 9.59 Å². The molecule has 0 spiro atoms. The molecule has 0 aromatic rings. The Bertz CT molecular complexity index is 1550. The summed E-state index contributed by atoms with van der Waals surface area (Å²) in [4.78, 5) is 25.7. The Labute approximate surface area is 405 Å². The predicted molar refractivity (Wildman–Crippen MR) is 261 cm³/mol. The monoisotopic (exact) mass is 961 g/mol. The third kappa shape index (κ3) is 27.0. The van der Waals surface area contributed by atoms with Crippen LogP contribution in [0.3, 0.4) is 0 Å². The van der Waals surface area contributed by atoms with E-state index in [4.69, 9.17) is 28.4 Å². The molecule has 68 heavy (non-hydrogen) atoms. The molecule has 0 aliphatic carbocycles. The van der Waals surface area contributed by atoms with Crippen LogP contribution in [0.4, 0.5) is 0 Å². The lowest BCUT2D eigenvalue weighted by molar-refractivity contribution is -0.332. The van der Waals surface area contributed by atoms with Gasteiger partial charge in [-0.1, -0.05) is 137 Å². The molecule has 15 nitrogen and oxygen atoms in total. The molecule has 11 unspecified atom stereocenters. The standard InChI is InChI=1S/C53H84O15/c1-3-5-7-9-11-13-15-17-18-19-20-21-22-24-26-28-30-32-34-36-45(56)66-41(38-63-44(55)35-33-31-29-27-25-23-16-14-12-10-8-6-4-2)39-64-52-51(62)49(60)47(58)43(68-52)40-65-53-50(61)48(59)46(57)42(37-54)67-53/h5,7-8,10-11,13-14,16-18,20-21,24,26,30,32,41-43,46-54,57-62H,3-4,6,9,12,15,19,22-23,25,27-29,31,33-40H2,1-2H3/b7-5-,10-8-,13-11-,16-14-,18-17-,21-20-,26-24-,32-30-. The predicted octanol–water partition coefficient (Wildman–Crippen LogP) is 6.59. The van der Waals surface area contributed by atoms with Gasteiger partial charge in [0, 0.05) is 12.8 Å². The van der Waals surface area contributed by atoms with E-state index in [1.54, 1.807) is 0 Å². The van der Waals surface area contributed by atoms with E-state index in [9.17, 15) is 45.3 Å². The van der Waals surface area contributed by atoms with E-state index < -0.39 is 99.3 Å². The minimum Gasteiger partial charge on any atom is -0.462 e. The number of rotatable bonds is 36. The molecule has 0 amide bonds. The molecule has 0 saturated carbocycles. The summed E-state index contributed by atoms with van der Waals surface area (Å²) >= 11 is 0. The normalized spacial score (nSPS) is 26.6. The van der Waals surface area contributed by atoms with Crippen molar-refractivity contribution in [3.63, 3.8) is 0 Å². The van der Waals surface area contributed by atoms with Gasteiger partial charge in [-0.25, -0.2) is 0 Å². The largest absolute Gasteiger partial charge is 0.462 e. The summed E-state index contributed by atoms with van der Waals surface area (Å²) in [5.74, 6) is -1.05. The maximum Gasteiger partial charge on any atom is 0.306 e. The summed E-state index contributed by atoms with van der Waals surface area (Å²) < 4.78 is 33.4. The molecule has 11 atom stereocenters. The lowest BCUT2D eigenvalue weighted by atomic mass is 9.98. The number of hydrogen-bond acceptors (Lipinski definition) is 15. The molecule has 2 rings (SSSR count). The number of aliphatic hydroxyl groups is 7. The Hall–Kier alpha value is -3.58. The molecule has 0 aromatic heterocycles.